The van der Waals surface area contributed by atoms with E-state index in [2.05, 4.69) is 5.32 Å². The molecule has 0 aromatic heterocycles. The first-order valence-electron chi connectivity index (χ1n) is 9.11. The molecule has 0 atom stereocenters. The highest BCUT2D eigenvalue weighted by Crippen LogP contribution is 2.17. The molecule has 0 radical (unpaired) electrons. The first-order chi connectivity index (χ1) is 13.1. The summed E-state index contributed by atoms with van der Waals surface area (Å²) >= 11 is 0. The lowest BCUT2D eigenvalue weighted by Gasteiger charge is -2.19. The number of hydrogen-bond acceptors (Lipinski definition) is 3. The van der Waals surface area contributed by atoms with Crippen LogP contribution in [0.1, 0.15) is 28.8 Å². The van der Waals surface area contributed by atoms with Gasteiger partial charge in [-0.15, -0.1) is 0 Å². The second-order valence-corrected chi connectivity index (χ2v) is 6.71. The Morgan fingerprint density at radius 3 is 2.48 bits per heavy atom. The van der Waals surface area contributed by atoms with Crippen molar-refractivity contribution >= 4 is 17.6 Å². The van der Waals surface area contributed by atoms with Gasteiger partial charge in [0.05, 0.1) is 7.11 Å². The van der Waals surface area contributed by atoms with E-state index in [1.165, 1.54) is 0 Å². The van der Waals surface area contributed by atoms with Crippen molar-refractivity contribution in [2.24, 2.45) is 0 Å². The number of hydrogen-bond donors (Lipinski definition) is 1. The summed E-state index contributed by atoms with van der Waals surface area (Å²) in [5, 5.41) is 2.86. The second-order valence-electron chi connectivity index (χ2n) is 6.71. The molecule has 2 aromatic carbocycles. The van der Waals surface area contributed by atoms with Gasteiger partial charge in [0.2, 0.25) is 0 Å². The first-order valence-corrected chi connectivity index (χ1v) is 9.11. The zero-order valence-corrected chi connectivity index (χ0v) is 15.8. The van der Waals surface area contributed by atoms with E-state index in [0.717, 1.165) is 37.2 Å². The molecule has 0 spiro atoms. The van der Waals surface area contributed by atoms with Crippen molar-refractivity contribution < 1.29 is 14.3 Å². The van der Waals surface area contributed by atoms with E-state index < -0.39 is 0 Å². The van der Waals surface area contributed by atoms with Crippen LogP contribution in [0.15, 0.2) is 48.5 Å². The molecule has 2 aromatic rings. The van der Waals surface area contributed by atoms with Crippen molar-refractivity contribution in [1.82, 2.24) is 9.80 Å². The average molecular weight is 367 g/mol. The Bertz CT molecular complexity index is 799. The van der Waals surface area contributed by atoms with Gasteiger partial charge >= 0.3 is 6.03 Å². The maximum atomic E-state index is 12.5. The number of benzene rings is 2. The number of anilines is 1. The topological polar surface area (TPSA) is 61.9 Å². The Balaban J connectivity index is 1.60. The molecule has 1 saturated heterocycles. The van der Waals surface area contributed by atoms with Gasteiger partial charge in [-0.3, -0.25) is 4.79 Å². The molecule has 6 nitrogen and oxygen atoms in total. The van der Waals surface area contributed by atoms with E-state index >= 15 is 0 Å². The van der Waals surface area contributed by atoms with Gasteiger partial charge < -0.3 is 19.9 Å². The Kier molecular flexibility index (Phi) is 5.96. The van der Waals surface area contributed by atoms with Crippen LogP contribution in [0.25, 0.3) is 0 Å². The first kappa shape index (κ1) is 18.8. The number of ether oxygens (including phenoxy) is 1. The van der Waals surface area contributed by atoms with Crippen molar-refractivity contribution in [1.29, 1.82) is 0 Å². The summed E-state index contributed by atoms with van der Waals surface area (Å²) in [4.78, 5) is 28.4. The number of urea groups is 1. The van der Waals surface area contributed by atoms with Crippen LogP contribution in [-0.4, -0.2) is 49.0 Å². The van der Waals surface area contributed by atoms with E-state index in [1.54, 1.807) is 43.3 Å². The molecule has 0 saturated carbocycles. The van der Waals surface area contributed by atoms with Gasteiger partial charge in [0.25, 0.3) is 5.91 Å². The molecule has 3 amide bonds. The lowest BCUT2D eigenvalue weighted by molar-refractivity contribution is 0.0793. The third-order valence-corrected chi connectivity index (χ3v) is 4.68. The smallest absolute Gasteiger partial charge is 0.321 e. The van der Waals surface area contributed by atoms with Crippen LogP contribution in [0, 0.1) is 0 Å². The summed E-state index contributed by atoms with van der Waals surface area (Å²) < 4.78 is 5.14. The fourth-order valence-corrected chi connectivity index (χ4v) is 3.13. The van der Waals surface area contributed by atoms with Gasteiger partial charge in [0.1, 0.15) is 5.75 Å². The zero-order chi connectivity index (χ0) is 19.2. The van der Waals surface area contributed by atoms with E-state index in [9.17, 15) is 9.59 Å². The maximum absolute atomic E-state index is 12.5. The Morgan fingerprint density at radius 2 is 1.81 bits per heavy atom. The molecule has 3 rings (SSSR count). The summed E-state index contributed by atoms with van der Waals surface area (Å²) in [7, 11) is 3.36. The van der Waals surface area contributed by atoms with Crippen molar-refractivity contribution in [2.75, 3.05) is 32.6 Å². The van der Waals surface area contributed by atoms with Crippen LogP contribution in [0.3, 0.4) is 0 Å². The molecule has 6 heteroatoms. The van der Waals surface area contributed by atoms with Gasteiger partial charge in [-0.1, -0.05) is 18.2 Å². The van der Waals surface area contributed by atoms with Crippen LogP contribution in [0.4, 0.5) is 10.5 Å². The molecular formula is C21H25N3O3. The van der Waals surface area contributed by atoms with E-state index in [-0.39, 0.29) is 11.9 Å². The van der Waals surface area contributed by atoms with E-state index in [1.807, 2.05) is 29.2 Å². The fraction of sp³-hybridized carbons (Fsp3) is 0.333. The number of nitrogens with one attached hydrogen (secondary N) is 1. The number of amides is 3. The van der Waals surface area contributed by atoms with Crippen molar-refractivity contribution in [3.05, 3.63) is 59.7 Å². The minimum Gasteiger partial charge on any atom is -0.497 e. The Hall–Kier alpha value is -3.02. The molecule has 1 heterocycles. The predicted molar refractivity (Wildman–Crippen MR) is 105 cm³/mol. The van der Waals surface area contributed by atoms with Gasteiger partial charge in [-0.2, -0.15) is 0 Å². The summed E-state index contributed by atoms with van der Waals surface area (Å²) in [6.07, 6.45) is 2.11. The molecule has 1 N–H and O–H groups in total. The van der Waals surface area contributed by atoms with Crippen LogP contribution in [0.2, 0.25) is 0 Å². The highest BCUT2D eigenvalue weighted by molar-refractivity contribution is 5.97. The quantitative estimate of drug-likeness (QED) is 0.878. The second kappa shape index (κ2) is 8.58. The van der Waals surface area contributed by atoms with Crippen molar-refractivity contribution in [3.8, 4) is 5.75 Å². The van der Waals surface area contributed by atoms with Crippen LogP contribution in [-0.2, 0) is 6.54 Å². The molecule has 1 fully saturated rings. The van der Waals surface area contributed by atoms with E-state index in [4.69, 9.17) is 4.74 Å². The molecule has 0 bridgehead atoms. The van der Waals surface area contributed by atoms with Gasteiger partial charge in [-0.25, -0.2) is 4.79 Å². The normalized spacial score (nSPS) is 13.3. The molecule has 142 valence electrons. The Morgan fingerprint density at radius 1 is 1.11 bits per heavy atom. The zero-order valence-electron chi connectivity index (χ0n) is 15.8. The molecule has 27 heavy (non-hydrogen) atoms. The third-order valence-electron chi connectivity index (χ3n) is 4.68. The summed E-state index contributed by atoms with van der Waals surface area (Å²) in [5.41, 5.74) is 2.23. The SMILES string of the molecule is COc1ccc(CN(C)C(=O)Nc2cccc(C(=O)N3CCCC3)c2)cc1. The summed E-state index contributed by atoms with van der Waals surface area (Å²) in [6.45, 7) is 2.09. The van der Waals surface area contributed by atoms with Crippen LogP contribution < -0.4 is 10.1 Å². The van der Waals surface area contributed by atoms with Crippen LogP contribution >= 0.6 is 0 Å². The number of carbonyl (C=O) groups excluding carboxylic acids is 2. The molecule has 0 unspecified atom stereocenters. The lowest BCUT2D eigenvalue weighted by Crippen LogP contribution is -2.31. The molecule has 1 aliphatic heterocycles. The standard InChI is InChI=1S/C21H25N3O3/c1-23(15-16-8-10-19(27-2)11-9-16)21(26)22-18-7-5-6-17(14-18)20(25)24-12-3-4-13-24/h5-11,14H,3-4,12-13,15H2,1-2H3,(H,22,26). The number of rotatable bonds is 5. The lowest BCUT2D eigenvalue weighted by atomic mass is 10.1. The van der Waals surface area contributed by atoms with Gasteiger partial charge in [0.15, 0.2) is 0 Å². The highest BCUT2D eigenvalue weighted by atomic mass is 16.5. The highest BCUT2D eigenvalue weighted by Gasteiger charge is 2.20. The fourth-order valence-electron chi connectivity index (χ4n) is 3.13. The minimum atomic E-state index is -0.225. The Labute approximate surface area is 159 Å². The number of carbonyl (C=O) groups is 2. The largest absolute Gasteiger partial charge is 0.497 e. The monoisotopic (exact) mass is 367 g/mol. The summed E-state index contributed by atoms with van der Waals surface area (Å²) in [5.74, 6) is 0.806. The molecular weight excluding hydrogens is 342 g/mol. The number of nitrogens with zero attached hydrogens (tertiary/aromatic N) is 2. The minimum absolute atomic E-state index is 0.0233. The predicted octanol–water partition coefficient (Wildman–Crippen LogP) is 3.60. The average Bonchev–Trinajstić information content (AvgIpc) is 3.23. The van der Waals surface area contributed by atoms with Gasteiger partial charge in [0, 0.05) is 37.9 Å². The summed E-state index contributed by atoms with van der Waals surface area (Å²) in [6, 6.07) is 14.5. The van der Waals surface area contributed by atoms with Crippen molar-refractivity contribution in [3.63, 3.8) is 0 Å². The third kappa shape index (κ3) is 4.78. The van der Waals surface area contributed by atoms with Crippen molar-refractivity contribution in [2.45, 2.75) is 19.4 Å². The van der Waals surface area contributed by atoms with E-state index in [0.29, 0.717) is 17.8 Å². The van der Waals surface area contributed by atoms with Gasteiger partial charge in [-0.05, 0) is 48.7 Å². The number of methoxy groups -OCH3 is 1. The number of likely N-dealkylation sites (tertiary alicyclic amines) is 1. The molecule has 1 aliphatic rings. The maximum Gasteiger partial charge on any atom is 0.321 e. The van der Waals surface area contributed by atoms with Crippen LogP contribution in [0.5, 0.6) is 5.75 Å². The molecule has 0 aliphatic carbocycles.